The summed E-state index contributed by atoms with van der Waals surface area (Å²) in [7, 11) is -2.16. The normalized spacial score (nSPS) is 17.0. The fourth-order valence-electron chi connectivity index (χ4n) is 2.94. The fraction of sp³-hybridized carbons (Fsp3) is 0.471. The summed E-state index contributed by atoms with van der Waals surface area (Å²) in [5.41, 5.74) is -3.00. The molecule has 1 aromatic carbocycles. The highest BCUT2D eigenvalue weighted by Crippen LogP contribution is 2.40. The number of anilines is 1. The van der Waals surface area contributed by atoms with Crippen LogP contribution in [0.2, 0.25) is 0 Å². The van der Waals surface area contributed by atoms with Gasteiger partial charge in [-0.25, -0.2) is 18.0 Å². The molecule has 158 valence electrons. The number of nitrogens with one attached hydrogen (secondary N) is 1. The SMILES string of the molecule is [C-]#[N+]c1ccc(N2C(=O)C(C)(C)N(CCCS(=O)(=O)NC)C2=S)cc1C(F)(F)F. The maximum Gasteiger partial charge on any atom is 0.407 e. The summed E-state index contributed by atoms with van der Waals surface area (Å²) in [6, 6.07) is 2.96. The Hall–Kier alpha value is -2.23. The van der Waals surface area contributed by atoms with Gasteiger partial charge in [-0.05, 0) is 51.7 Å². The van der Waals surface area contributed by atoms with Gasteiger partial charge in [0.1, 0.15) is 5.54 Å². The van der Waals surface area contributed by atoms with Gasteiger partial charge in [0.2, 0.25) is 10.0 Å². The number of carbonyl (C=O) groups excluding carboxylic acids is 1. The van der Waals surface area contributed by atoms with Crippen molar-refractivity contribution in [1.82, 2.24) is 9.62 Å². The molecular weight excluding hydrogens is 429 g/mol. The Morgan fingerprint density at radius 3 is 2.45 bits per heavy atom. The Morgan fingerprint density at radius 1 is 1.31 bits per heavy atom. The van der Waals surface area contributed by atoms with E-state index in [0.29, 0.717) is 0 Å². The van der Waals surface area contributed by atoms with Crippen molar-refractivity contribution < 1.29 is 26.4 Å². The predicted octanol–water partition coefficient (Wildman–Crippen LogP) is 2.91. The molecule has 0 spiro atoms. The number of thiocarbonyl (C=S) groups is 1. The highest BCUT2D eigenvalue weighted by atomic mass is 32.2. The Labute approximate surface area is 172 Å². The van der Waals surface area contributed by atoms with Gasteiger partial charge in [-0.1, -0.05) is 6.07 Å². The minimum atomic E-state index is -4.77. The third kappa shape index (κ3) is 4.52. The number of hydrogen-bond donors (Lipinski definition) is 1. The number of carbonyl (C=O) groups is 1. The highest BCUT2D eigenvalue weighted by molar-refractivity contribution is 7.89. The Bertz CT molecular complexity index is 985. The van der Waals surface area contributed by atoms with Crippen molar-refractivity contribution in [2.24, 2.45) is 0 Å². The number of rotatable bonds is 6. The molecule has 1 aromatic rings. The molecule has 12 heteroatoms. The number of sulfonamides is 1. The molecule has 0 atom stereocenters. The zero-order valence-electron chi connectivity index (χ0n) is 15.9. The molecule has 0 radical (unpaired) electrons. The monoisotopic (exact) mass is 448 g/mol. The van der Waals surface area contributed by atoms with Crippen molar-refractivity contribution in [3.8, 4) is 0 Å². The first-order chi connectivity index (χ1) is 13.3. The molecule has 1 N–H and O–H groups in total. The van der Waals surface area contributed by atoms with Crippen molar-refractivity contribution in [3.63, 3.8) is 0 Å². The zero-order chi connectivity index (χ0) is 22.2. The second kappa shape index (κ2) is 7.89. The smallest absolute Gasteiger partial charge is 0.334 e. The number of amides is 1. The quantitative estimate of drug-likeness (QED) is 0.535. The molecule has 0 bridgehead atoms. The molecule has 1 fully saturated rings. The number of hydrogen-bond acceptors (Lipinski definition) is 4. The third-order valence-corrected chi connectivity index (χ3v) is 6.44. The van der Waals surface area contributed by atoms with Gasteiger partial charge in [-0.3, -0.25) is 9.69 Å². The highest BCUT2D eigenvalue weighted by Gasteiger charge is 2.49. The van der Waals surface area contributed by atoms with E-state index in [2.05, 4.69) is 9.57 Å². The maximum absolute atomic E-state index is 13.3. The first kappa shape index (κ1) is 23.1. The average Bonchev–Trinajstić information content (AvgIpc) is 2.80. The van der Waals surface area contributed by atoms with E-state index in [0.717, 1.165) is 17.0 Å². The second-order valence-corrected chi connectivity index (χ2v) is 9.23. The number of alkyl halides is 3. The molecular formula is C17H19F3N4O3S2. The topological polar surface area (TPSA) is 74.1 Å². The largest absolute Gasteiger partial charge is 0.407 e. The van der Waals surface area contributed by atoms with E-state index in [-0.39, 0.29) is 29.5 Å². The van der Waals surface area contributed by atoms with E-state index in [1.54, 1.807) is 13.8 Å². The summed E-state index contributed by atoms with van der Waals surface area (Å²) in [6.07, 6.45) is -4.60. The van der Waals surface area contributed by atoms with Crippen molar-refractivity contribution >= 4 is 44.6 Å². The summed E-state index contributed by atoms with van der Waals surface area (Å²) in [5.74, 6) is -0.729. The third-order valence-electron chi connectivity index (χ3n) is 4.59. The van der Waals surface area contributed by atoms with Gasteiger partial charge < -0.3 is 4.90 Å². The van der Waals surface area contributed by atoms with Crippen LogP contribution in [0.25, 0.3) is 4.85 Å². The minimum Gasteiger partial charge on any atom is -0.334 e. The van der Waals surface area contributed by atoms with Crippen LogP contribution in [0.5, 0.6) is 0 Å². The fourth-order valence-corrected chi connectivity index (χ4v) is 4.16. The first-order valence-electron chi connectivity index (χ1n) is 8.42. The van der Waals surface area contributed by atoms with Crippen molar-refractivity contribution in [1.29, 1.82) is 0 Å². The molecule has 0 unspecified atom stereocenters. The molecule has 1 aliphatic heterocycles. The lowest BCUT2D eigenvalue weighted by Gasteiger charge is -2.29. The molecule has 1 amide bonds. The van der Waals surface area contributed by atoms with Crippen LogP contribution in [0.4, 0.5) is 24.5 Å². The second-order valence-electron chi connectivity index (χ2n) is 6.82. The Balaban J connectivity index is 2.37. The molecule has 2 rings (SSSR count). The van der Waals surface area contributed by atoms with Crippen molar-refractivity contribution in [3.05, 3.63) is 35.2 Å². The number of halogens is 3. The van der Waals surface area contributed by atoms with E-state index in [4.69, 9.17) is 18.8 Å². The summed E-state index contributed by atoms with van der Waals surface area (Å²) in [5, 5.41) is -0.0226. The molecule has 7 nitrogen and oxygen atoms in total. The van der Waals surface area contributed by atoms with E-state index in [1.807, 2.05) is 0 Å². The van der Waals surface area contributed by atoms with Gasteiger partial charge in [0, 0.05) is 12.2 Å². The predicted molar refractivity (Wildman–Crippen MR) is 106 cm³/mol. The van der Waals surface area contributed by atoms with E-state index in [1.165, 1.54) is 18.0 Å². The molecule has 0 aromatic heterocycles. The van der Waals surface area contributed by atoms with E-state index in [9.17, 15) is 26.4 Å². The lowest BCUT2D eigenvalue weighted by atomic mass is 10.0. The summed E-state index contributed by atoms with van der Waals surface area (Å²) >= 11 is 5.33. The average molecular weight is 448 g/mol. The van der Waals surface area contributed by atoms with E-state index >= 15 is 0 Å². The first-order valence-corrected chi connectivity index (χ1v) is 10.5. The van der Waals surface area contributed by atoms with Crippen LogP contribution >= 0.6 is 12.2 Å². The van der Waals surface area contributed by atoms with Crippen molar-refractivity contribution in [2.75, 3.05) is 24.2 Å². The zero-order valence-corrected chi connectivity index (χ0v) is 17.5. The van der Waals surface area contributed by atoms with Crippen LogP contribution in [-0.4, -0.2) is 49.2 Å². The molecule has 0 saturated carbocycles. The van der Waals surface area contributed by atoms with E-state index < -0.39 is 38.9 Å². The van der Waals surface area contributed by atoms with Gasteiger partial charge in [0.05, 0.1) is 17.9 Å². The molecule has 29 heavy (non-hydrogen) atoms. The van der Waals surface area contributed by atoms with Gasteiger partial charge >= 0.3 is 6.18 Å². The maximum atomic E-state index is 13.3. The molecule has 1 heterocycles. The van der Waals surface area contributed by atoms with Crippen LogP contribution in [0.3, 0.4) is 0 Å². The number of nitrogens with zero attached hydrogens (tertiary/aromatic N) is 3. The van der Waals surface area contributed by atoms with Gasteiger partial charge in [0.25, 0.3) is 5.91 Å². The van der Waals surface area contributed by atoms with Crippen LogP contribution < -0.4 is 9.62 Å². The van der Waals surface area contributed by atoms with Gasteiger partial charge in [0.15, 0.2) is 10.8 Å². The number of benzene rings is 1. The standard InChI is InChI=1S/C17H19F3N4O3S2/c1-16(2)14(25)24(15(28)23(16)8-5-9-29(26,27)22-4)11-6-7-13(21-3)12(10-11)17(18,19)20/h6-7,10,22H,5,8-9H2,1-2,4H3. The summed E-state index contributed by atoms with van der Waals surface area (Å²) in [4.78, 5) is 18.3. The summed E-state index contributed by atoms with van der Waals surface area (Å²) < 4.78 is 65.2. The molecule has 1 saturated heterocycles. The lowest BCUT2D eigenvalue weighted by Crippen LogP contribution is -2.45. The summed E-state index contributed by atoms with van der Waals surface area (Å²) in [6.45, 7) is 10.2. The molecule has 1 aliphatic rings. The molecule has 0 aliphatic carbocycles. The van der Waals surface area contributed by atoms with Crippen LogP contribution in [-0.2, 0) is 21.0 Å². The lowest BCUT2D eigenvalue weighted by molar-refractivity contribution is -0.136. The minimum absolute atomic E-state index is 0.0226. The van der Waals surface area contributed by atoms with Gasteiger partial charge in [-0.15, -0.1) is 0 Å². The van der Waals surface area contributed by atoms with Crippen LogP contribution in [0, 0.1) is 6.57 Å². The Morgan fingerprint density at radius 2 is 1.93 bits per heavy atom. The Kier molecular flexibility index (Phi) is 6.27. The van der Waals surface area contributed by atoms with Crippen LogP contribution in [0.15, 0.2) is 18.2 Å². The van der Waals surface area contributed by atoms with Gasteiger partial charge in [-0.2, -0.15) is 13.2 Å². The van der Waals surface area contributed by atoms with Crippen molar-refractivity contribution in [2.45, 2.75) is 32.0 Å². The van der Waals surface area contributed by atoms with Crippen LogP contribution in [0.1, 0.15) is 25.8 Å².